The molecule has 0 saturated heterocycles. The van der Waals surface area contributed by atoms with Crippen LogP contribution in [0.2, 0.25) is 0 Å². The third-order valence-corrected chi connectivity index (χ3v) is 2.78. The van der Waals surface area contributed by atoms with Crippen LogP contribution in [0.25, 0.3) is 10.9 Å². The first-order valence-electron chi connectivity index (χ1n) is 5.48. The van der Waals surface area contributed by atoms with Crippen LogP contribution in [0.1, 0.15) is 23.8 Å². The topological polar surface area (TPSA) is 51.3 Å². The van der Waals surface area contributed by atoms with Gasteiger partial charge in [0.2, 0.25) is 0 Å². The summed E-state index contributed by atoms with van der Waals surface area (Å²) in [5.74, 6) is 1.51. The van der Waals surface area contributed by atoms with E-state index in [0.29, 0.717) is 17.9 Å². The van der Waals surface area contributed by atoms with Gasteiger partial charge < -0.3 is 14.5 Å². The molecule has 0 radical (unpaired) electrons. The summed E-state index contributed by atoms with van der Waals surface area (Å²) in [6, 6.07) is 5.45. The van der Waals surface area contributed by atoms with E-state index in [4.69, 9.17) is 9.47 Å². The van der Waals surface area contributed by atoms with Crippen molar-refractivity contribution in [3.8, 4) is 11.5 Å². The number of hydrogen-bond donors (Lipinski definition) is 1. The molecule has 1 aromatic heterocycles. The van der Waals surface area contributed by atoms with Crippen molar-refractivity contribution in [2.75, 3.05) is 14.2 Å². The van der Waals surface area contributed by atoms with Crippen LogP contribution < -0.4 is 9.47 Å². The zero-order valence-corrected chi connectivity index (χ0v) is 10.2. The summed E-state index contributed by atoms with van der Waals surface area (Å²) in [6.45, 7) is 1.84. The third kappa shape index (κ3) is 1.86. The minimum Gasteiger partial charge on any atom is -0.496 e. The van der Waals surface area contributed by atoms with Crippen molar-refractivity contribution in [3.63, 3.8) is 0 Å². The fourth-order valence-corrected chi connectivity index (χ4v) is 1.86. The van der Waals surface area contributed by atoms with Gasteiger partial charge in [0, 0.05) is 11.8 Å². The molecule has 1 aromatic carbocycles. The minimum absolute atomic E-state index is 0.0744. The molecule has 0 aliphatic carbocycles. The van der Waals surface area contributed by atoms with Crippen LogP contribution in [0, 0.1) is 0 Å². The van der Waals surface area contributed by atoms with E-state index in [9.17, 15) is 4.79 Å². The van der Waals surface area contributed by atoms with Crippen molar-refractivity contribution < 1.29 is 14.3 Å². The Morgan fingerprint density at radius 1 is 1.24 bits per heavy atom. The number of methoxy groups -OCH3 is 2. The molecule has 1 heterocycles. The lowest BCUT2D eigenvalue weighted by atomic mass is 10.2. The Labute approximate surface area is 99.5 Å². The molecule has 0 atom stereocenters. The Balaban J connectivity index is 2.68. The highest BCUT2D eigenvalue weighted by Crippen LogP contribution is 2.33. The average Bonchev–Trinajstić information content (AvgIpc) is 2.81. The van der Waals surface area contributed by atoms with Gasteiger partial charge in [0.1, 0.15) is 11.5 Å². The molecule has 90 valence electrons. The molecule has 17 heavy (non-hydrogen) atoms. The molecule has 2 rings (SSSR count). The second-order valence-corrected chi connectivity index (χ2v) is 3.72. The number of ketones is 1. The minimum atomic E-state index is 0.0744. The molecule has 2 aromatic rings. The van der Waals surface area contributed by atoms with Crippen molar-refractivity contribution in [2.24, 2.45) is 0 Å². The van der Waals surface area contributed by atoms with E-state index < -0.39 is 0 Å². The van der Waals surface area contributed by atoms with E-state index >= 15 is 0 Å². The Morgan fingerprint density at radius 3 is 2.47 bits per heavy atom. The number of carbonyl (C=O) groups is 1. The maximum absolute atomic E-state index is 11.7. The molecule has 0 saturated carbocycles. The van der Waals surface area contributed by atoms with Gasteiger partial charge in [-0.25, -0.2) is 0 Å². The lowest BCUT2D eigenvalue weighted by molar-refractivity contribution is 0.0984. The number of carbonyl (C=O) groups excluding carboxylic acids is 1. The predicted molar refractivity (Wildman–Crippen MR) is 66.0 cm³/mol. The number of aromatic amines is 1. The number of aromatic nitrogens is 1. The zero-order chi connectivity index (χ0) is 12.4. The van der Waals surface area contributed by atoms with Gasteiger partial charge in [0.15, 0.2) is 5.78 Å². The molecule has 0 fully saturated rings. The number of Topliss-reactive ketones (excluding diaryl/α,β-unsaturated/α-hetero) is 1. The molecule has 4 heteroatoms. The highest BCUT2D eigenvalue weighted by molar-refractivity contribution is 6.02. The Hall–Kier alpha value is -1.97. The molecular formula is C13H15NO3. The van der Waals surface area contributed by atoms with Crippen LogP contribution in [-0.4, -0.2) is 25.0 Å². The fourth-order valence-electron chi connectivity index (χ4n) is 1.86. The first-order chi connectivity index (χ1) is 8.21. The van der Waals surface area contributed by atoms with Crippen LogP contribution in [0.15, 0.2) is 18.2 Å². The standard InChI is InChI=1S/C13H15NO3/c1-4-10(15)9-7-8-11(16-2)5-6-12(17-3)13(8)14-9/h5-7,14H,4H2,1-3H3. The van der Waals surface area contributed by atoms with E-state index in [-0.39, 0.29) is 5.78 Å². The van der Waals surface area contributed by atoms with E-state index in [1.54, 1.807) is 14.2 Å². The summed E-state index contributed by atoms with van der Waals surface area (Å²) in [5.41, 5.74) is 1.38. The van der Waals surface area contributed by atoms with E-state index in [1.165, 1.54) is 0 Å². The first kappa shape index (κ1) is 11.5. The highest BCUT2D eigenvalue weighted by atomic mass is 16.5. The number of rotatable bonds is 4. The van der Waals surface area contributed by atoms with Gasteiger partial charge in [0.05, 0.1) is 25.4 Å². The second kappa shape index (κ2) is 4.49. The van der Waals surface area contributed by atoms with Gasteiger partial charge in [-0.1, -0.05) is 6.92 Å². The van der Waals surface area contributed by atoms with Gasteiger partial charge in [-0.2, -0.15) is 0 Å². The molecule has 0 bridgehead atoms. The number of ether oxygens (including phenoxy) is 2. The SMILES string of the molecule is CCC(=O)c1cc2c(OC)ccc(OC)c2[nH]1. The normalized spacial score (nSPS) is 10.5. The number of hydrogen-bond acceptors (Lipinski definition) is 3. The van der Waals surface area contributed by atoms with Crippen LogP contribution in [0.3, 0.4) is 0 Å². The van der Waals surface area contributed by atoms with E-state index in [0.717, 1.165) is 16.7 Å². The van der Waals surface area contributed by atoms with Crippen molar-refractivity contribution in [1.82, 2.24) is 4.98 Å². The summed E-state index contributed by atoms with van der Waals surface area (Å²) in [7, 11) is 3.21. The molecule has 0 amide bonds. The predicted octanol–water partition coefficient (Wildman–Crippen LogP) is 2.78. The smallest absolute Gasteiger partial charge is 0.178 e. The van der Waals surface area contributed by atoms with Crippen molar-refractivity contribution >= 4 is 16.7 Å². The molecule has 0 unspecified atom stereocenters. The second-order valence-electron chi connectivity index (χ2n) is 3.72. The highest BCUT2D eigenvalue weighted by Gasteiger charge is 2.13. The fraction of sp³-hybridized carbons (Fsp3) is 0.308. The van der Waals surface area contributed by atoms with Crippen LogP contribution >= 0.6 is 0 Å². The number of H-pyrrole nitrogens is 1. The monoisotopic (exact) mass is 233 g/mol. The van der Waals surface area contributed by atoms with Crippen LogP contribution in [0.4, 0.5) is 0 Å². The van der Waals surface area contributed by atoms with Gasteiger partial charge >= 0.3 is 0 Å². The Kier molecular flexibility index (Phi) is 3.04. The lowest BCUT2D eigenvalue weighted by Gasteiger charge is -2.05. The summed E-state index contributed by atoms with van der Waals surface area (Å²) >= 11 is 0. The summed E-state index contributed by atoms with van der Waals surface area (Å²) < 4.78 is 10.5. The molecule has 1 N–H and O–H groups in total. The first-order valence-corrected chi connectivity index (χ1v) is 5.48. The zero-order valence-electron chi connectivity index (χ0n) is 10.2. The van der Waals surface area contributed by atoms with Crippen molar-refractivity contribution in [2.45, 2.75) is 13.3 Å². The number of nitrogens with one attached hydrogen (secondary N) is 1. The van der Waals surface area contributed by atoms with Gasteiger partial charge in [-0.05, 0) is 18.2 Å². The van der Waals surface area contributed by atoms with E-state index in [1.807, 2.05) is 25.1 Å². The molecule has 0 spiro atoms. The largest absolute Gasteiger partial charge is 0.496 e. The Bertz CT molecular complexity index is 516. The molecule has 0 aliphatic heterocycles. The third-order valence-electron chi connectivity index (χ3n) is 2.78. The summed E-state index contributed by atoms with van der Waals surface area (Å²) in [4.78, 5) is 14.8. The lowest BCUT2D eigenvalue weighted by Crippen LogP contribution is -1.95. The molecular weight excluding hydrogens is 218 g/mol. The summed E-state index contributed by atoms with van der Waals surface area (Å²) in [5, 5.41) is 0.864. The maximum Gasteiger partial charge on any atom is 0.178 e. The van der Waals surface area contributed by atoms with Crippen molar-refractivity contribution in [1.29, 1.82) is 0 Å². The van der Waals surface area contributed by atoms with Gasteiger partial charge in [-0.3, -0.25) is 4.79 Å². The van der Waals surface area contributed by atoms with E-state index in [2.05, 4.69) is 4.98 Å². The number of benzene rings is 1. The van der Waals surface area contributed by atoms with Crippen LogP contribution in [-0.2, 0) is 0 Å². The van der Waals surface area contributed by atoms with Gasteiger partial charge in [0.25, 0.3) is 0 Å². The number of fused-ring (bicyclic) bond motifs is 1. The average molecular weight is 233 g/mol. The Morgan fingerprint density at radius 2 is 1.88 bits per heavy atom. The molecule has 0 aliphatic rings. The maximum atomic E-state index is 11.7. The van der Waals surface area contributed by atoms with Crippen molar-refractivity contribution in [3.05, 3.63) is 23.9 Å². The summed E-state index contributed by atoms with van der Waals surface area (Å²) in [6.07, 6.45) is 0.470. The van der Waals surface area contributed by atoms with Crippen LogP contribution in [0.5, 0.6) is 11.5 Å². The van der Waals surface area contributed by atoms with Gasteiger partial charge in [-0.15, -0.1) is 0 Å². The quantitative estimate of drug-likeness (QED) is 0.826. The molecule has 4 nitrogen and oxygen atoms in total.